The Morgan fingerprint density at radius 1 is 1.30 bits per heavy atom. The molecule has 2 aliphatic heterocycles. The number of amides is 1. The number of halogens is 5. The Balaban J connectivity index is 1.70. The largest absolute Gasteiger partial charge is 0.392 e. The number of fused-ring (bicyclic) bond motifs is 1. The molecule has 3 atom stereocenters. The molecule has 2 aromatic heterocycles. The molecule has 4 heterocycles. The average Bonchev–Trinajstić information content (AvgIpc) is 3.25. The van der Waals surface area contributed by atoms with Gasteiger partial charge in [-0.3, -0.25) is 9.36 Å². The van der Waals surface area contributed by atoms with Gasteiger partial charge in [-0.05, 0) is 24.5 Å². The fraction of sp³-hybridized carbons (Fsp3) is 0.556. The number of alkyl halides is 4. The minimum absolute atomic E-state index is 0.0309. The van der Waals surface area contributed by atoms with Crippen molar-refractivity contribution in [2.45, 2.75) is 44.2 Å². The Bertz CT molecular complexity index is 1000. The summed E-state index contributed by atoms with van der Waals surface area (Å²) in [5.41, 5.74) is -0.109. The summed E-state index contributed by atoms with van der Waals surface area (Å²) < 4.78 is 56.0. The second kappa shape index (κ2) is 7.68. The maximum atomic E-state index is 13.5. The first-order chi connectivity index (χ1) is 14.1. The van der Waals surface area contributed by atoms with Crippen LogP contribution in [0.5, 0.6) is 0 Å². The number of likely N-dealkylation sites (tertiary alicyclic amines) is 1. The molecule has 2 aromatic rings. The highest BCUT2D eigenvalue weighted by molar-refractivity contribution is 6.29. The molecule has 1 fully saturated rings. The normalized spacial score (nSPS) is 24.2. The van der Waals surface area contributed by atoms with Crippen LogP contribution in [0.3, 0.4) is 0 Å². The molecular formula is C18H18ClF4N5O2. The Hall–Kier alpha value is -2.43. The minimum Gasteiger partial charge on any atom is -0.338 e. The zero-order valence-electron chi connectivity index (χ0n) is 15.6. The van der Waals surface area contributed by atoms with Gasteiger partial charge in [0.25, 0.3) is 0 Å². The molecule has 1 saturated heterocycles. The second-order valence-electron chi connectivity index (χ2n) is 7.58. The lowest BCUT2D eigenvalue weighted by Gasteiger charge is -2.32. The van der Waals surface area contributed by atoms with E-state index in [9.17, 15) is 27.2 Å². The average molecular weight is 448 g/mol. The van der Waals surface area contributed by atoms with Crippen molar-refractivity contribution in [3.63, 3.8) is 0 Å². The Morgan fingerprint density at radius 2 is 2.07 bits per heavy atom. The molecule has 30 heavy (non-hydrogen) atoms. The molecule has 7 nitrogen and oxygen atoms in total. The van der Waals surface area contributed by atoms with Crippen molar-refractivity contribution in [1.29, 1.82) is 0 Å². The van der Waals surface area contributed by atoms with E-state index in [1.165, 1.54) is 17.2 Å². The summed E-state index contributed by atoms with van der Waals surface area (Å²) in [5, 5.41) is 4.32. The van der Waals surface area contributed by atoms with Crippen molar-refractivity contribution in [3.8, 4) is 0 Å². The minimum atomic E-state index is -4.54. The molecule has 0 bridgehead atoms. The Morgan fingerprint density at radius 3 is 2.67 bits per heavy atom. The van der Waals surface area contributed by atoms with E-state index in [4.69, 9.17) is 11.6 Å². The molecule has 12 heteroatoms. The molecule has 0 aliphatic carbocycles. The second-order valence-corrected chi connectivity index (χ2v) is 7.97. The Kier molecular flexibility index (Phi) is 5.33. The van der Waals surface area contributed by atoms with Gasteiger partial charge in [0.1, 0.15) is 23.2 Å². The van der Waals surface area contributed by atoms with E-state index in [1.807, 2.05) is 0 Å². The van der Waals surface area contributed by atoms with Gasteiger partial charge in [-0.25, -0.2) is 18.9 Å². The van der Waals surface area contributed by atoms with E-state index in [0.29, 0.717) is 5.56 Å². The van der Waals surface area contributed by atoms with Gasteiger partial charge in [0.05, 0.1) is 19.0 Å². The molecule has 2 unspecified atom stereocenters. The van der Waals surface area contributed by atoms with Gasteiger partial charge < -0.3 is 4.90 Å². The van der Waals surface area contributed by atoms with Crippen molar-refractivity contribution >= 4 is 17.5 Å². The van der Waals surface area contributed by atoms with Crippen LogP contribution in [0.4, 0.5) is 17.6 Å². The fourth-order valence-corrected chi connectivity index (χ4v) is 4.07. The predicted octanol–water partition coefficient (Wildman–Crippen LogP) is 2.38. The number of pyridine rings is 1. The van der Waals surface area contributed by atoms with Crippen LogP contribution in [0.15, 0.2) is 23.1 Å². The van der Waals surface area contributed by atoms with Crippen LogP contribution in [0, 0.1) is 5.92 Å². The highest BCUT2D eigenvalue weighted by Crippen LogP contribution is 2.39. The standard InChI is InChI=1S/C18H18ClF4N5O2/c19-14-2-1-10(7-24-14)8-27-17(30)28-13(16(29)26-4-3-12(20)9-26)5-11(18(21,22)23)6-15(28)25-27/h1-2,7,11-13H,3-6,8-9H2/t11?,12-,13?/m0/s1. The highest BCUT2D eigenvalue weighted by Gasteiger charge is 2.48. The van der Waals surface area contributed by atoms with Crippen LogP contribution in [0.25, 0.3) is 0 Å². The van der Waals surface area contributed by atoms with E-state index in [1.54, 1.807) is 6.07 Å². The van der Waals surface area contributed by atoms with Gasteiger partial charge in [-0.1, -0.05) is 17.7 Å². The maximum absolute atomic E-state index is 13.5. The third-order valence-corrected chi connectivity index (χ3v) is 5.72. The lowest BCUT2D eigenvalue weighted by atomic mass is 9.91. The first-order valence-corrected chi connectivity index (χ1v) is 9.79. The van der Waals surface area contributed by atoms with Gasteiger partial charge in [0.2, 0.25) is 5.91 Å². The topological polar surface area (TPSA) is 73.0 Å². The van der Waals surface area contributed by atoms with Crippen molar-refractivity contribution < 1.29 is 22.4 Å². The molecule has 0 spiro atoms. The van der Waals surface area contributed by atoms with Gasteiger partial charge in [-0.2, -0.15) is 18.3 Å². The molecule has 2 aliphatic rings. The highest BCUT2D eigenvalue weighted by atomic mass is 35.5. The molecule has 1 amide bonds. The SMILES string of the molecule is O=C(C1CC(C(F)(F)F)Cc2nn(Cc3ccc(Cl)nc3)c(=O)n21)N1CC[C@H](F)C1. The summed E-state index contributed by atoms with van der Waals surface area (Å²) in [5.74, 6) is -2.60. The third-order valence-electron chi connectivity index (χ3n) is 5.50. The number of hydrogen-bond acceptors (Lipinski definition) is 4. The van der Waals surface area contributed by atoms with Gasteiger partial charge in [0.15, 0.2) is 0 Å². The smallest absolute Gasteiger partial charge is 0.338 e. The van der Waals surface area contributed by atoms with E-state index in [-0.39, 0.29) is 37.0 Å². The van der Waals surface area contributed by atoms with E-state index < -0.39 is 48.7 Å². The van der Waals surface area contributed by atoms with Gasteiger partial charge in [0, 0.05) is 19.2 Å². The number of carbonyl (C=O) groups excluding carboxylic acids is 1. The zero-order chi connectivity index (χ0) is 21.6. The summed E-state index contributed by atoms with van der Waals surface area (Å²) in [6.07, 6.45) is -5.27. The molecular weight excluding hydrogens is 430 g/mol. The van der Waals surface area contributed by atoms with Crippen molar-refractivity contribution in [1.82, 2.24) is 24.2 Å². The molecule has 0 radical (unpaired) electrons. The number of hydrogen-bond donors (Lipinski definition) is 0. The maximum Gasteiger partial charge on any atom is 0.392 e. The fourth-order valence-electron chi connectivity index (χ4n) is 3.96. The van der Waals surface area contributed by atoms with Crippen LogP contribution in [-0.4, -0.2) is 55.6 Å². The number of aromatic nitrogens is 4. The lowest BCUT2D eigenvalue weighted by molar-refractivity contribution is -0.183. The summed E-state index contributed by atoms with van der Waals surface area (Å²) in [6, 6.07) is 1.77. The summed E-state index contributed by atoms with van der Waals surface area (Å²) >= 11 is 5.74. The third kappa shape index (κ3) is 3.94. The van der Waals surface area contributed by atoms with Crippen molar-refractivity contribution in [2.24, 2.45) is 5.92 Å². The van der Waals surface area contributed by atoms with Crippen LogP contribution in [0.2, 0.25) is 5.15 Å². The first-order valence-electron chi connectivity index (χ1n) is 9.41. The van der Waals surface area contributed by atoms with Crippen molar-refractivity contribution in [2.75, 3.05) is 13.1 Å². The zero-order valence-corrected chi connectivity index (χ0v) is 16.4. The monoisotopic (exact) mass is 447 g/mol. The molecule has 0 N–H and O–H groups in total. The van der Waals surface area contributed by atoms with E-state index in [2.05, 4.69) is 10.1 Å². The lowest BCUT2D eigenvalue weighted by Crippen LogP contribution is -2.45. The van der Waals surface area contributed by atoms with Crippen LogP contribution >= 0.6 is 11.6 Å². The van der Waals surface area contributed by atoms with Crippen molar-refractivity contribution in [3.05, 3.63) is 45.4 Å². The molecule has 4 rings (SSSR count). The first kappa shape index (κ1) is 20.8. The van der Waals surface area contributed by atoms with Crippen LogP contribution in [-0.2, 0) is 17.8 Å². The Labute approximate surface area is 173 Å². The molecule has 162 valence electrons. The summed E-state index contributed by atoms with van der Waals surface area (Å²) in [4.78, 5) is 30.9. The van der Waals surface area contributed by atoms with Gasteiger partial charge >= 0.3 is 11.9 Å². The number of nitrogens with zero attached hydrogens (tertiary/aromatic N) is 5. The van der Waals surface area contributed by atoms with Crippen LogP contribution < -0.4 is 5.69 Å². The summed E-state index contributed by atoms with van der Waals surface area (Å²) in [7, 11) is 0. The summed E-state index contributed by atoms with van der Waals surface area (Å²) in [6.45, 7) is -0.0978. The number of rotatable bonds is 3. The quantitative estimate of drug-likeness (QED) is 0.535. The molecule has 0 saturated carbocycles. The van der Waals surface area contributed by atoms with Gasteiger partial charge in [-0.15, -0.1) is 0 Å². The van der Waals surface area contributed by atoms with E-state index in [0.717, 1.165) is 9.25 Å². The number of carbonyl (C=O) groups is 1. The molecule has 0 aromatic carbocycles. The van der Waals surface area contributed by atoms with Crippen LogP contribution in [0.1, 0.15) is 30.3 Å². The van der Waals surface area contributed by atoms with E-state index >= 15 is 0 Å². The predicted molar refractivity (Wildman–Crippen MR) is 97.8 cm³/mol.